The summed E-state index contributed by atoms with van der Waals surface area (Å²) >= 11 is 0. The molecule has 11 heteroatoms. The molecule has 0 atom stereocenters. The van der Waals surface area contributed by atoms with Crippen LogP contribution in [0.5, 0.6) is 0 Å². The number of hydrogen-bond donors (Lipinski definition) is 2. The molecule has 0 bridgehead atoms. The summed E-state index contributed by atoms with van der Waals surface area (Å²) in [4.78, 5) is 11.4. The van der Waals surface area contributed by atoms with Crippen molar-refractivity contribution in [1.82, 2.24) is 0 Å². The van der Waals surface area contributed by atoms with Gasteiger partial charge < -0.3 is 9.47 Å². The van der Waals surface area contributed by atoms with Gasteiger partial charge in [0.15, 0.2) is 0 Å². The summed E-state index contributed by atoms with van der Waals surface area (Å²) in [5.41, 5.74) is 0. The van der Waals surface area contributed by atoms with Crippen LogP contribution in [0, 0.1) is 11.8 Å². The predicted molar refractivity (Wildman–Crippen MR) is 89.7 cm³/mol. The van der Waals surface area contributed by atoms with Crippen molar-refractivity contribution in [2.24, 2.45) is 0 Å². The third-order valence-corrected chi connectivity index (χ3v) is 6.46. The Morgan fingerprint density at radius 2 is 1.48 bits per heavy atom. The van der Waals surface area contributed by atoms with Crippen molar-refractivity contribution in [1.29, 1.82) is 0 Å². The van der Waals surface area contributed by atoms with Crippen molar-refractivity contribution in [2.75, 3.05) is 6.61 Å². The van der Waals surface area contributed by atoms with Gasteiger partial charge in [0.05, 0.1) is 6.61 Å². The number of hydrogen-bond acceptors (Lipinski definition) is 7. The lowest BCUT2D eigenvalue weighted by molar-refractivity contribution is 0.0317. The molecule has 0 aliphatic heterocycles. The topological polar surface area (TPSA) is 144 Å². The maximum absolute atomic E-state index is 11.4. The second-order valence-electron chi connectivity index (χ2n) is 5.28. The first-order valence-corrected chi connectivity index (χ1v) is 10.6. The van der Waals surface area contributed by atoms with E-state index in [1.54, 1.807) is 0 Å². The summed E-state index contributed by atoms with van der Waals surface area (Å²) in [5.74, 6) is 6.05. The molecule has 0 spiro atoms. The van der Waals surface area contributed by atoms with Crippen LogP contribution < -0.4 is 0 Å². The number of rotatable bonds is 10. The number of carbonyl (C=O) groups excluding carboxylic acids is 1. The molecule has 0 fully saturated rings. The third-order valence-electron chi connectivity index (χ3n) is 3.15. The van der Waals surface area contributed by atoms with Gasteiger partial charge in [-0.25, -0.2) is 4.79 Å². The summed E-state index contributed by atoms with van der Waals surface area (Å²) in [6.45, 7) is 2.26. The molecule has 0 unspecified atom stereocenters. The van der Waals surface area contributed by atoms with E-state index in [1.165, 1.54) is 0 Å². The van der Waals surface area contributed by atoms with Crippen molar-refractivity contribution < 1.29 is 40.2 Å². The van der Waals surface area contributed by atoms with Crippen molar-refractivity contribution in [3.63, 3.8) is 0 Å². The first kappa shape index (κ1) is 23.6. The summed E-state index contributed by atoms with van der Waals surface area (Å²) in [6, 6.07) is 0. The van der Waals surface area contributed by atoms with Crippen LogP contribution >= 0.6 is 0 Å². The molecule has 9 nitrogen and oxygen atoms in total. The van der Waals surface area contributed by atoms with Gasteiger partial charge in [-0.1, -0.05) is 13.3 Å². The molecular formula is C14H24O9S2. The number of ether oxygens (including phenoxy) is 2. The molecule has 0 aromatic heterocycles. The molecule has 0 saturated carbocycles. The molecule has 0 amide bonds. The average Bonchev–Trinajstić information content (AvgIpc) is 2.46. The molecule has 0 aromatic carbocycles. The SMILES string of the molecule is CCCCC#CCCCCCOC(=O)OC(C)(S(=O)(=O)O)S(=O)(=O)O. The molecule has 0 saturated heterocycles. The van der Waals surface area contributed by atoms with E-state index in [0.717, 1.165) is 25.7 Å². The zero-order valence-electron chi connectivity index (χ0n) is 14.2. The van der Waals surface area contributed by atoms with Gasteiger partial charge in [-0.3, -0.25) is 9.11 Å². The third kappa shape index (κ3) is 8.53. The second-order valence-corrected chi connectivity index (χ2v) is 9.00. The molecule has 0 radical (unpaired) electrons. The van der Waals surface area contributed by atoms with E-state index in [4.69, 9.17) is 9.11 Å². The van der Waals surface area contributed by atoms with Gasteiger partial charge in [-0.2, -0.15) is 16.8 Å². The van der Waals surface area contributed by atoms with Crippen molar-refractivity contribution in [2.45, 2.75) is 63.1 Å². The van der Waals surface area contributed by atoms with Crippen molar-refractivity contribution >= 4 is 26.4 Å². The fourth-order valence-electron chi connectivity index (χ4n) is 1.51. The minimum absolute atomic E-state index is 0.144. The molecule has 0 aromatic rings. The summed E-state index contributed by atoms with van der Waals surface area (Å²) in [7, 11) is -10.9. The van der Waals surface area contributed by atoms with Gasteiger partial charge in [0.1, 0.15) is 0 Å². The summed E-state index contributed by atoms with van der Waals surface area (Å²) in [5, 5.41) is 0. The van der Waals surface area contributed by atoms with Crippen LogP contribution in [0.2, 0.25) is 0 Å². The van der Waals surface area contributed by atoms with Crippen molar-refractivity contribution in [3.05, 3.63) is 0 Å². The van der Waals surface area contributed by atoms with E-state index in [9.17, 15) is 21.6 Å². The highest BCUT2D eigenvalue weighted by atomic mass is 32.3. The smallest absolute Gasteiger partial charge is 0.434 e. The Morgan fingerprint density at radius 1 is 0.960 bits per heavy atom. The Labute approximate surface area is 148 Å². The number of unbranched alkanes of at least 4 members (excludes halogenated alkanes) is 5. The van der Waals surface area contributed by atoms with Gasteiger partial charge in [-0.05, 0) is 25.7 Å². The number of carbonyl (C=O) groups is 1. The molecular weight excluding hydrogens is 376 g/mol. The van der Waals surface area contributed by atoms with Crippen LogP contribution in [-0.4, -0.2) is 43.0 Å². The van der Waals surface area contributed by atoms with E-state index >= 15 is 0 Å². The highest BCUT2D eigenvalue weighted by Gasteiger charge is 2.55. The monoisotopic (exact) mass is 400 g/mol. The predicted octanol–water partition coefficient (Wildman–Crippen LogP) is 2.34. The van der Waals surface area contributed by atoms with Crippen LogP contribution in [-0.2, 0) is 29.7 Å². The largest absolute Gasteiger partial charge is 0.510 e. The minimum atomic E-state index is -5.45. The van der Waals surface area contributed by atoms with Gasteiger partial charge in [0.2, 0.25) is 0 Å². The van der Waals surface area contributed by atoms with E-state index in [2.05, 4.69) is 28.2 Å². The Bertz CT molecular complexity index is 652. The summed E-state index contributed by atoms with van der Waals surface area (Å²) < 4.78 is 67.0. The van der Waals surface area contributed by atoms with Gasteiger partial charge in [0.25, 0.3) is 0 Å². The van der Waals surface area contributed by atoms with Crippen LogP contribution in [0.3, 0.4) is 0 Å². The highest BCUT2D eigenvalue weighted by Crippen LogP contribution is 2.24. The summed E-state index contributed by atoms with van der Waals surface area (Å²) in [6.07, 6.45) is 3.99. The maximum atomic E-state index is 11.4. The molecule has 146 valence electrons. The van der Waals surface area contributed by atoms with E-state index in [0.29, 0.717) is 26.2 Å². The lowest BCUT2D eigenvalue weighted by atomic mass is 10.2. The van der Waals surface area contributed by atoms with Crippen LogP contribution in [0.15, 0.2) is 0 Å². The molecule has 0 rings (SSSR count). The first-order valence-electron chi connectivity index (χ1n) is 7.71. The molecule has 0 aliphatic rings. The zero-order valence-corrected chi connectivity index (χ0v) is 15.9. The minimum Gasteiger partial charge on any atom is -0.434 e. The molecule has 0 aliphatic carbocycles. The van der Waals surface area contributed by atoms with Gasteiger partial charge in [-0.15, -0.1) is 11.8 Å². The molecule has 2 N–H and O–H groups in total. The highest BCUT2D eigenvalue weighted by molar-refractivity contribution is 8.05. The first-order chi connectivity index (χ1) is 11.5. The van der Waals surface area contributed by atoms with Crippen LogP contribution in [0.1, 0.15) is 58.8 Å². The van der Waals surface area contributed by atoms with Crippen LogP contribution in [0.4, 0.5) is 4.79 Å². The van der Waals surface area contributed by atoms with E-state index < -0.39 is 30.7 Å². The van der Waals surface area contributed by atoms with Crippen molar-refractivity contribution in [3.8, 4) is 11.8 Å². The Morgan fingerprint density at radius 3 is 1.96 bits per heavy atom. The molecule has 0 heterocycles. The van der Waals surface area contributed by atoms with Gasteiger partial charge >= 0.3 is 30.7 Å². The fourth-order valence-corrected chi connectivity index (χ4v) is 2.92. The molecule has 25 heavy (non-hydrogen) atoms. The normalized spacial score (nSPS) is 12.2. The quantitative estimate of drug-likeness (QED) is 0.244. The fraction of sp³-hybridized carbons (Fsp3) is 0.786. The lowest BCUT2D eigenvalue weighted by Crippen LogP contribution is -2.47. The average molecular weight is 400 g/mol. The Hall–Kier alpha value is -1.35. The van der Waals surface area contributed by atoms with Crippen LogP contribution in [0.25, 0.3) is 0 Å². The Kier molecular flexibility index (Phi) is 10.0. The second kappa shape index (κ2) is 10.6. The maximum Gasteiger partial charge on any atom is 0.510 e. The van der Waals surface area contributed by atoms with E-state index in [1.807, 2.05) is 0 Å². The standard InChI is InChI=1S/C14H24O9S2/c1-3-4-5-6-7-8-9-10-11-12-22-13(15)23-14(2,24(16,17)18)25(19,20)21/h3-5,8-12H2,1-2H3,(H,16,17,18)(H,19,20,21). The van der Waals surface area contributed by atoms with E-state index in [-0.39, 0.29) is 6.61 Å². The Balaban J connectivity index is 4.21. The zero-order chi connectivity index (χ0) is 19.6. The lowest BCUT2D eigenvalue weighted by Gasteiger charge is -2.22. The van der Waals surface area contributed by atoms with Gasteiger partial charge in [0, 0.05) is 19.8 Å².